The van der Waals surface area contributed by atoms with Crippen LogP contribution in [0.25, 0.3) is 21.9 Å². The van der Waals surface area contributed by atoms with Crippen LogP contribution in [0.3, 0.4) is 0 Å². The maximum Gasteiger partial charge on any atom is 0.413 e. The molecule has 1 aromatic carbocycles. The quantitative estimate of drug-likeness (QED) is 0.448. The van der Waals surface area contributed by atoms with Crippen molar-refractivity contribution in [1.29, 1.82) is 0 Å². The molecule has 3 aromatic rings. The Kier molecular flexibility index (Phi) is 7.13. The lowest BCUT2D eigenvalue weighted by molar-refractivity contribution is 0.0843. The third-order valence-electron chi connectivity index (χ3n) is 6.22. The average molecular weight is 504 g/mol. The van der Waals surface area contributed by atoms with E-state index in [2.05, 4.69) is 20.6 Å². The number of nitrogen functional groups attached to an aromatic ring is 1. The van der Waals surface area contributed by atoms with E-state index in [1.165, 1.54) is 6.20 Å². The minimum absolute atomic E-state index is 0. The molecule has 2 aromatic heterocycles. The van der Waals surface area contributed by atoms with Crippen molar-refractivity contribution in [3.05, 3.63) is 35.9 Å². The molecule has 0 spiro atoms. The Labute approximate surface area is 208 Å². The van der Waals surface area contributed by atoms with Crippen molar-refractivity contribution in [3.8, 4) is 17.0 Å². The van der Waals surface area contributed by atoms with Crippen molar-refractivity contribution < 1.29 is 23.4 Å². The molecule has 1 fully saturated rings. The molecule has 1 saturated heterocycles. The number of hydrogen-bond acceptors (Lipinski definition) is 8. The Morgan fingerprint density at radius 1 is 1.29 bits per heavy atom. The van der Waals surface area contributed by atoms with Gasteiger partial charge in [-0.15, -0.1) is 12.4 Å². The minimum atomic E-state index is -0.622. The first kappa shape index (κ1) is 24.7. The first-order valence-electron chi connectivity index (χ1n) is 11.3. The first-order valence-corrected chi connectivity index (χ1v) is 11.3. The summed E-state index contributed by atoms with van der Waals surface area (Å²) in [5, 5.41) is 7.02. The van der Waals surface area contributed by atoms with Gasteiger partial charge in [-0.2, -0.15) is 0 Å². The van der Waals surface area contributed by atoms with E-state index < -0.39 is 11.9 Å². The van der Waals surface area contributed by atoms with Crippen LogP contribution < -0.4 is 21.1 Å². The topological polar surface area (TPSA) is 121 Å². The number of nitrogens with zero attached hydrogens (tertiary/aromatic N) is 2. The number of nitrogens with two attached hydrogens (primary N) is 1. The average Bonchev–Trinajstić information content (AvgIpc) is 3.24. The van der Waals surface area contributed by atoms with Crippen molar-refractivity contribution in [2.45, 2.75) is 26.4 Å². The van der Waals surface area contributed by atoms with Gasteiger partial charge in [0.1, 0.15) is 24.2 Å². The number of amides is 1. The Morgan fingerprint density at radius 2 is 2.11 bits per heavy atom. The summed E-state index contributed by atoms with van der Waals surface area (Å²) in [5.41, 5.74) is 8.76. The minimum Gasteiger partial charge on any atom is -0.474 e. The van der Waals surface area contributed by atoms with Crippen LogP contribution in [0.5, 0.6) is 5.88 Å². The summed E-state index contributed by atoms with van der Waals surface area (Å²) in [7, 11) is 0. The number of rotatable bonds is 4. The fourth-order valence-corrected chi connectivity index (χ4v) is 4.37. The van der Waals surface area contributed by atoms with Crippen LogP contribution in [0.4, 0.5) is 26.4 Å². The molecule has 2 aliphatic rings. The van der Waals surface area contributed by atoms with Crippen LogP contribution in [0.1, 0.15) is 19.4 Å². The molecule has 9 nitrogen and oxygen atoms in total. The molecule has 5 rings (SSSR count). The van der Waals surface area contributed by atoms with E-state index in [9.17, 15) is 4.79 Å². The molecule has 0 radical (unpaired) electrons. The SMILES string of the molecule is CCc1c(-c2cc3cc(NC(=O)O[C@@H]4COC[C@H]4C)ncc3c(N)c2F)cnc2c1NCCO2.Cl. The summed E-state index contributed by atoms with van der Waals surface area (Å²) in [6.45, 7) is 6.05. The summed E-state index contributed by atoms with van der Waals surface area (Å²) >= 11 is 0. The zero-order valence-corrected chi connectivity index (χ0v) is 20.2. The van der Waals surface area contributed by atoms with Gasteiger partial charge in [0, 0.05) is 41.4 Å². The van der Waals surface area contributed by atoms with Gasteiger partial charge >= 0.3 is 6.09 Å². The molecule has 0 saturated carbocycles. The van der Waals surface area contributed by atoms with Gasteiger partial charge in [0.25, 0.3) is 0 Å². The number of benzene rings is 1. The number of nitrogens with one attached hydrogen (secondary N) is 2. The highest BCUT2D eigenvalue weighted by atomic mass is 35.5. The van der Waals surface area contributed by atoms with Crippen LogP contribution in [-0.2, 0) is 15.9 Å². The van der Waals surface area contributed by atoms with Crippen LogP contribution in [0, 0.1) is 11.7 Å². The van der Waals surface area contributed by atoms with Crippen molar-refractivity contribution in [3.63, 3.8) is 0 Å². The maximum absolute atomic E-state index is 15.4. The van der Waals surface area contributed by atoms with E-state index in [0.29, 0.717) is 60.6 Å². The van der Waals surface area contributed by atoms with E-state index in [-0.39, 0.29) is 35.9 Å². The van der Waals surface area contributed by atoms with Crippen LogP contribution in [-0.4, -0.2) is 48.5 Å². The summed E-state index contributed by atoms with van der Waals surface area (Å²) in [4.78, 5) is 20.9. The molecule has 2 aliphatic heterocycles. The van der Waals surface area contributed by atoms with Gasteiger partial charge in [-0.3, -0.25) is 5.32 Å². The van der Waals surface area contributed by atoms with Crippen LogP contribution >= 0.6 is 12.4 Å². The normalized spacial score (nSPS) is 18.7. The van der Waals surface area contributed by atoms with Crippen molar-refractivity contribution in [2.24, 2.45) is 5.92 Å². The Morgan fingerprint density at radius 3 is 2.86 bits per heavy atom. The van der Waals surface area contributed by atoms with E-state index in [1.54, 1.807) is 18.3 Å². The van der Waals surface area contributed by atoms with Gasteiger partial charge < -0.3 is 25.3 Å². The molecule has 1 amide bonds. The molecule has 0 bridgehead atoms. The highest BCUT2D eigenvalue weighted by molar-refractivity contribution is 5.99. The Hall–Kier alpha value is -3.37. The molecule has 186 valence electrons. The largest absolute Gasteiger partial charge is 0.474 e. The lowest BCUT2D eigenvalue weighted by Gasteiger charge is -2.23. The number of hydrogen-bond donors (Lipinski definition) is 3. The second-order valence-electron chi connectivity index (χ2n) is 8.49. The summed E-state index contributed by atoms with van der Waals surface area (Å²) < 4.78 is 31.8. The highest BCUT2D eigenvalue weighted by Gasteiger charge is 2.28. The molecule has 11 heteroatoms. The Balaban J connectivity index is 0.00000289. The third kappa shape index (κ3) is 4.63. The Bertz CT molecular complexity index is 1270. The third-order valence-corrected chi connectivity index (χ3v) is 6.22. The lowest BCUT2D eigenvalue weighted by Crippen LogP contribution is -2.27. The van der Waals surface area contributed by atoms with E-state index >= 15 is 4.39 Å². The predicted octanol–water partition coefficient (Wildman–Crippen LogP) is 4.39. The van der Waals surface area contributed by atoms with Gasteiger partial charge in [0.2, 0.25) is 5.88 Å². The van der Waals surface area contributed by atoms with Gasteiger partial charge in [-0.05, 0) is 29.5 Å². The number of carbonyl (C=O) groups excluding carboxylic acids is 1. The van der Waals surface area contributed by atoms with Gasteiger partial charge in [0.15, 0.2) is 5.82 Å². The van der Waals surface area contributed by atoms with E-state index in [4.69, 9.17) is 19.9 Å². The molecule has 35 heavy (non-hydrogen) atoms. The first-order chi connectivity index (χ1) is 16.5. The number of pyridine rings is 2. The number of aromatic nitrogens is 2. The second kappa shape index (κ2) is 10.1. The number of ether oxygens (including phenoxy) is 3. The molecule has 0 unspecified atom stereocenters. The fraction of sp³-hybridized carbons (Fsp3) is 0.375. The highest BCUT2D eigenvalue weighted by Crippen LogP contribution is 2.40. The van der Waals surface area contributed by atoms with Crippen molar-refractivity contribution >= 4 is 46.5 Å². The van der Waals surface area contributed by atoms with Crippen molar-refractivity contribution in [2.75, 3.05) is 42.7 Å². The molecule has 4 N–H and O–H groups in total. The molecule has 4 heterocycles. The maximum atomic E-state index is 15.4. The monoisotopic (exact) mass is 503 g/mol. The van der Waals surface area contributed by atoms with Crippen molar-refractivity contribution in [1.82, 2.24) is 9.97 Å². The van der Waals surface area contributed by atoms with Gasteiger partial charge in [-0.25, -0.2) is 19.2 Å². The predicted molar refractivity (Wildman–Crippen MR) is 134 cm³/mol. The standard InChI is InChI=1S/C24H26FN5O4.ClH/c1-3-14-17(9-29-23-22(14)27-4-5-33-23)15-6-13-7-19(28-8-16(13)21(26)20(15)25)30-24(31)34-18-11-32-10-12(18)2;/h6-9,12,18,27H,3-5,10-11,26H2,1-2H3,(H,28,30,31);1H/t12-,18-;/m1./s1. The van der Waals surface area contributed by atoms with Crippen LogP contribution in [0.2, 0.25) is 0 Å². The zero-order valence-electron chi connectivity index (χ0n) is 19.4. The number of fused-ring (bicyclic) bond motifs is 2. The lowest BCUT2D eigenvalue weighted by atomic mass is 9.95. The smallest absolute Gasteiger partial charge is 0.413 e. The second-order valence-corrected chi connectivity index (χ2v) is 8.49. The zero-order chi connectivity index (χ0) is 23.8. The number of carbonyl (C=O) groups is 1. The van der Waals surface area contributed by atoms with Crippen LogP contribution in [0.15, 0.2) is 24.5 Å². The van der Waals surface area contributed by atoms with E-state index in [0.717, 1.165) is 11.3 Å². The summed E-state index contributed by atoms with van der Waals surface area (Å²) in [6, 6.07) is 3.33. The van der Waals surface area contributed by atoms with Gasteiger partial charge in [0.05, 0.1) is 18.9 Å². The number of halogens is 2. The molecular weight excluding hydrogens is 477 g/mol. The molecule has 0 aliphatic carbocycles. The summed E-state index contributed by atoms with van der Waals surface area (Å²) in [5.74, 6) is 0.365. The molecule has 2 atom stereocenters. The fourth-order valence-electron chi connectivity index (χ4n) is 4.37. The number of anilines is 3. The molecular formula is C24H27ClFN5O4. The van der Waals surface area contributed by atoms with E-state index in [1.807, 2.05) is 13.8 Å². The summed E-state index contributed by atoms with van der Waals surface area (Å²) in [6.07, 6.45) is 2.76. The van der Waals surface area contributed by atoms with Gasteiger partial charge in [-0.1, -0.05) is 13.8 Å².